The van der Waals surface area contributed by atoms with E-state index >= 15 is 0 Å². The highest BCUT2D eigenvalue weighted by Gasteiger charge is 2.36. The van der Waals surface area contributed by atoms with Gasteiger partial charge >= 0.3 is 0 Å². The first-order valence-corrected chi connectivity index (χ1v) is 11.2. The van der Waals surface area contributed by atoms with Crippen LogP contribution >= 0.6 is 0 Å². The summed E-state index contributed by atoms with van der Waals surface area (Å²) >= 11 is 0. The summed E-state index contributed by atoms with van der Waals surface area (Å²) < 4.78 is 17.4. The highest BCUT2D eigenvalue weighted by Crippen LogP contribution is 2.47. The molecule has 1 atom stereocenters. The largest absolute Gasteiger partial charge is 0.493 e. The molecule has 0 spiro atoms. The number of ether oxygens (including phenoxy) is 3. The van der Waals surface area contributed by atoms with Gasteiger partial charge in [-0.2, -0.15) is 5.26 Å². The molecule has 2 heterocycles. The average Bonchev–Trinajstić information content (AvgIpc) is 3.31. The molecule has 1 unspecified atom stereocenters. The van der Waals surface area contributed by atoms with Crippen molar-refractivity contribution in [2.45, 2.75) is 19.4 Å². The molecule has 3 aromatic carbocycles. The van der Waals surface area contributed by atoms with Crippen molar-refractivity contribution in [3.05, 3.63) is 107 Å². The van der Waals surface area contributed by atoms with Crippen molar-refractivity contribution in [3.8, 4) is 34.7 Å². The molecule has 7 heteroatoms. The fourth-order valence-electron chi connectivity index (χ4n) is 4.23. The van der Waals surface area contributed by atoms with Gasteiger partial charge in [-0.1, -0.05) is 66.2 Å². The SMILES string of the molecule is COc1cc(C2C(C#N)=C(N)Oc3n[nH]c(-c4ccccc4)c32)ccc1OCc1ccc(C)cc1. The van der Waals surface area contributed by atoms with Gasteiger partial charge in [-0.15, -0.1) is 5.10 Å². The topological polar surface area (TPSA) is 106 Å². The molecule has 1 aliphatic rings. The van der Waals surface area contributed by atoms with Crippen LogP contribution in [-0.2, 0) is 6.61 Å². The smallest absolute Gasteiger partial charge is 0.244 e. The minimum atomic E-state index is -0.488. The Morgan fingerprint density at radius 2 is 1.83 bits per heavy atom. The van der Waals surface area contributed by atoms with E-state index in [1.54, 1.807) is 7.11 Å². The van der Waals surface area contributed by atoms with E-state index in [1.165, 1.54) is 5.56 Å². The Balaban J connectivity index is 1.54. The molecule has 0 saturated carbocycles. The van der Waals surface area contributed by atoms with Gasteiger partial charge in [0.1, 0.15) is 18.2 Å². The lowest BCUT2D eigenvalue weighted by Crippen LogP contribution is -2.21. The molecule has 0 fully saturated rings. The van der Waals surface area contributed by atoms with E-state index in [0.29, 0.717) is 29.6 Å². The molecule has 0 saturated heterocycles. The number of aromatic amines is 1. The summed E-state index contributed by atoms with van der Waals surface area (Å²) in [6, 6.07) is 25.8. The molecule has 1 aliphatic heterocycles. The van der Waals surface area contributed by atoms with E-state index in [1.807, 2.05) is 67.6 Å². The molecule has 0 aliphatic carbocycles. The second kappa shape index (κ2) is 9.27. The maximum absolute atomic E-state index is 9.97. The van der Waals surface area contributed by atoms with Crippen molar-refractivity contribution < 1.29 is 14.2 Å². The second-order valence-corrected chi connectivity index (χ2v) is 8.29. The standard InChI is InChI=1S/C28H24N4O3/c1-17-8-10-18(11-9-17)16-34-22-13-12-20(14-23(22)33-2)24-21(15-29)27(30)35-28-25(24)26(31-32-28)19-6-4-3-5-7-19/h3-14,24H,16,30H2,1-2H3,(H,31,32). The van der Waals surface area contributed by atoms with Crippen LogP contribution in [0.5, 0.6) is 17.4 Å². The van der Waals surface area contributed by atoms with Crippen molar-refractivity contribution in [2.75, 3.05) is 7.11 Å². The summed E-state index contributed by atoms with van der Waals surface area (Å²) in [6.45, 7) is 2.46. The highest BCUT2D eigenvalue weighted by atomic mass is 16.5. The maximum atomic E-state index is 9.97. The average molecular weight is 465 g/mol. The number of methoxy groups -OCH3 is 1. The predicted molar refractivity (Wildman–Crippen MR) is 132 cm³/mol. The number of aryl methyl sites for hydroxylation is 1. The zero-order chi connectivity index (χ0) is 24.4. The quantitative estimate of drug-likeness (QED) is 0.407. The normalized spacial score (nSPS) is 14.6. The first-order chi connectivity index (χ1) is 17.1. The highest BCUT2D eigenvalue weighted by molar-refractivity contribution is 5.71. The molecule has 3 N–H and O–H groups in total. The first kappa shape index (κ1) is 22.1. The monoisotopic (exact) mass is 464 g/mol. The Bertz CT molecular complexity index is 1430. The number of nitriles is 1. The summed E-state index contributed by atoms with van der Waals surface area (Å²) in [7, 11) is 1.59. The van der Waals surface area contributed by atoms with E-state index in [2.05, 4.69) is 28.4 Å². The van der Waals surface area contributed by atoms with Crippen molar-refractivity contribution in [3.63, 3.8) is 0 Å². The van der Waals surface area contributed by atoms with Crippen molar-refractivity contribution in [1.82, 2.24) is 10.2 Å². The molecule has 1 aromatic heterocycles. The Morgan fingerprint density at radius 1 is 1.06 bits per heavy atom. The van der Waals surface area contributed by atoms with Gasteiger partial charge in [-0.25, -0.2) is 0 Å². The zero-order valence-electron chi connectivity index (χ0n) is 19.4. The number of H-pyrrole nitrogens is 1. The fraction of sp³-hybridized carbons (Fsp3) is 0.143. The van der Waals surface area contributed by atoms with E-state index < -0.39 is 5.92 Å². The zero-order valence-corrected chi connectivity index (χ0v) is 19.4. The van der Waals surface area contributed by atoms with Crippen LogP contribution in [0.3, 0.4) is 0 Å². The van der Waals surface area contributed by atoms with Crippen LogP contribution in [0.1, 0.15) is 28.2 Å². The Labute approximate surface area is 203 Å². The van der Waals surface area contributed by atoms with E-state index in [0.717, 1.165) is 27.9 Å². The molecule has 5 rings (SSSR count). The van der Waals surface area contributed by atoms with Gasteiger partial charge in [0.15, 0.2) is 11.5 Å². The predicted octanol–water partition coefficient (Wildman–Crippen LogP) is 5.19. The lowest BCUT2D eigenvalue weighted by molar-refractivity contribution is 0.284. The Hall–Kier alpha value is -4.70. The molecule has 35 heavy (non-hydrogen) atoms. The fourth-order valence-corrected chi connectivity index (χ4v) is 4.23. The Kier molecular flexibility index (Phi) is 5.86. The number of nitrogens with zero attached hydrogens (tertiary/aromatic N) is 2. The number of nitrogens with two attached hydrogens (primary N) is 1. The van der Waals surface area contributed by atoms with Gasteiger partial charge in [0.25, 0.3) is 0 Å². The lowest BCUT2D eigenvalue weighted by atomic mass is 9.83. The van der Waals surface area contributed by atoms with E-state index in [4.69, 9.17) is 19.9 Å². The number of aromatic nitrogens is 2. The molecule has 0 amide bonds. The Morgan fingerprint density at radius 3 is 2.54 bits per heavy atom. The van der Waals surface area contributed by atoms with E-state index in [9.17, 15) is 5.26 Å². The summed E-state index contributed by atoms with van der Waals surface area (Å²) in [5.74, 6) is 1.06. The molecule has 0 radical (unpaired) electrons. The molecular formula is C28H24N4O3. The van der Waals surface area contributed by atoms with Gasteiger partial charge in [0.05, 0.1) is 24.3 Å². The van der Waals surface area contributed by atoms with Crippen molar-refractivity contribution in [2.24, 2.45) is 5.73 Å². The van der Waals surface area contributed by atoms with Crippen molar-refractivity contribution in [1.29, 1.82) is 5.26 Å². The molecule has 4 aromatic rings. The van der Waals surface area contributed by atoms with Gasteiger partial charge in [-0.3, -0.25) is 5.10 Å². The van der Waals surface area contributed by atoms with Crippen molar-refractivity contribution >= 4 is 0 Å². The van der Waals surface area contributed by atoms with Crippen LogP contribution < -0.4 is 19.9 Å². The van der Waals surface area contributed by atoms with Gasteiger partial charge in [0.2, 0.25) is 11.8 Å². The third-order valence-corrected chi connectivity index (χ3v) is 6.04. The third-order valence-electron chi connectivity index (χ3n) is 6.04. The number of rotatable bonds is 6. The summed E-state index contributed by atoms with van der Waals surface area (Å²) in [5, 5.41) is 17.4. The lowest BCUT2D eigenvalue weighted by Gasteiger charge is -2.25. The van der Waals surface area contributed by atoms with E-state index in [-0.39, 0.29) is 5.88 Å². The second-order valence-electron chi connectivity index (χ2n) is 8.29. The minimum Gasteiger partial charge on any atom is -0.493 e. The minimum absolute atomic E-state index is 0.0368. The third kappa shape index (κ3) is 4.18. The van der Waals surface area contributed by atoms with Gasteiger partial charge in [-0.05, 0) is 35.7 Å². The number of hydrogen-bond acceptors (Lipinski definition) is 6. The molecule has 7 nitrogen and oxygen atoms in total. The van der Waals surface area contributed by atoms with Gasteiger partial charge in [0, 0.05) is 0 Å². The van der Waals surface area contributed by atoms with Crippen LogP contribution in [0.4, 0.5) is 0 Å². The molecular weight excluding hydrogens is 440 g/mol. The van der Waals surface area contributed by atoms with Crippen LogP contribution in [0.15, 0.2) is 84.3 Å². The molecule has 0 bridgehead atoms. The number of fused-ring (bicyclic) bond motifs is 1. The van der Waals surface area contributed by atoms with Crippen LogP contribution in [0.25, 0.3) is 11.3 Å². The number of nitrogens with one attached hydrogen (secondary N) is 1. The summed E-state index contributed by atoms with van der Waals surface area (Å²) in [6.07, 6.45) is 0. The number of hydrogen-bond donors (Lipinski definition) is 2. The van der Waals surface area contributed by atoms with Crippen LogP contribution in [0.2, 0.25) is 0 Å². The first-order valence-electron chi connectivity index (χ1n) is 11.2. The number of benzene rings is 3. The van der Waals surface area contributed by atoms with Crippen LogP contribution in [0, 0.1) is 18.3 Å². The molecule has 174 valence electrons. The van der Waals surface area contributed by atoms with Gasteiger partial charge < -0.3 is 19.9 Å². The van der Waals surface area contributed by atoms with Crippen LogP contribution in [-0.4, -0.2) is 17.3 Å². The summed E-state index contributed by atoms with van der Waals surface area (Å²) in [5.41, 5.74) is 12.0. The summed E-state index contributed by atoms with van der Waals surface area (Å²) in [4.78, 5) is 0. The maximum Gasteiger partial charge on any atom is 0.244 e. The number of allylic oxidation sites excluding steroid dienone is 1.